The molecule has 3 aromatic heterocycles. The van der Waals surface area contributed by atoms with E-state index in [-0.39, 0.29) is 20.8 Å². The fourth-order valence-corrected chi connectivity index (χ4v) is 7.30. The molecule has 0 bridgehead atoms. The molecule has 1 aliphatic rings. The summed E-state index contributed by atoms with van der Waals surface area (Å²) in [5.41, 5.74) is -5.21. The van der Waals surface area contributed by atoms with Crippen LogP contribution >= 0.6 is 34.3 Å². The van der Waals surface area contributed by atoms with Crippen LogP contribution in [0.5, 0.6) is 0 Å². The number of hydrogen-bond acceptors (Lipinski definition) is 7. The average molecular weight is 693 g/mol. The molecule has 0 saturated carbocycles. The lowest BCUT2D eigenvalue weighted by Crippen LogP contribution is -2.39. The zero-order valence-corrected chi connectivity index (χ0v) is 25.0. The lowest BCUT2D eigenvalue weighted by Gasteiger charge is -2.25. The maximum absolute atomic E-state index is 14.7. The summed E-state index contributed by atoms with van der Waals surface area (Å²) in [5, 5.41) is 5.76. The number of aromatic amines is 1. The van der Waals surface area contributed by atoms with Crippen LogP contribution in [0.15, 0.2) is 82.7 Å². The van der Waals surface area contributed by atoms with Gasteiger partial charge in [-0.25, -0.2) is 9.97 Å². The number of carbonyl (C=O) groups excluding carboxylic acids is 1. The van der Waals surface area contributed by atoms with E-state index >= 15 is 0 Å². The number of H-pyrrole nitrogens is 1. The third-order valence-corrected chi connectivity index (χ3v) is 9.57. The Kier molecular flexibility index (Phi) is 7.06. The number of nitrogens with zero attached hydrogens (tertiary/aromatic N) is 5. The molecule has 17 heteroatoms. The average Bonchev–Trinajstić information content (AvgIpc) is 3.77. The Labute approximate surface area is 266 Å². The molecule has 1 aliphatic heterocycles. The monoisotopic (exact) mass is 692 g/mol. The highest BCUT2D eigenvalue weighted by atomic mass is 35.5. The lowest BCUT2D eigenvalue weighted by atomic mass is 9.77. The van der Waals surface area contributed by atoms with Crippen LogP contribution < -0.4 is 10.6 Å². The van der Waals surface area contributed by atoms with E-state index < -0.39 is 52.6 Å². The molecule has 46 heavy (non-hydrogen) atoms. The number of amides is 1. The number of fused-ring (bicyclic) bond motifs is 2. The first kappa shape index (κ1) is 30.1. The van der Waals surface area contributed by atoms with Crippen LogP contribution in [-0.2, 0) is 11.0 Å². The Bertz CT molecular complexity index is 2170. The number of hydrogen-bond donors (Lipinski definition) is 1. The summed E-state index contributed by atoms with van der Waals surface area (Å²) < 4.78 is 89.8. The van der Waals surface area contributed by atoms with Crippen molar-refractivity contribution in [2.75, 3.05) is 5.01 Å². The SMILES string of the molecule is O=C1[C@H]([C@H](c2ccc(Cl)cc2)c2c(C(F)(F)F)[nH]n(-c3nc4ccccc4s3)c2=O)C(C(F)(F)F)=NN1c1nc2ccccc2s1. The second kappa shape index (κ2) is 10.8. The summed E-state index contributed by atoms with van der Waals surface area (Å²) in [6, 6.07) is 17.9. The normalized spacial score (nSPS) is 16.5. The van der Waals surface area contributed by atoms with Crippen LogP contribution in [0.1, 0.15) is 22.7 Å². The van der Waals surface area contributed by atoms with Crippen molar-refractivity contribution in [2.24, 2.45) is 11.0 Å². The van der Waals surface area contributed by atoms with E-state index in [1.807, 2.05) is 5.10 Å². The maximum atomic E-state index is 14.7. The number of benzene rings is 3. The Morgan fingerprint density at radius 2 is 1.35 bits per heavy atom. The van der Waals surface area contributed by atoms with Gasteiger partial charge in [0.1, 0.15) is 11.6 Å². The fraction of sp³-hybridized carbons (Fsp3) is 0.138. The number of para-hydroxylation sites is 2. The van der Waals surface area contributed by atoms with Gasteiger partial charge in [-0.2, -0.15) is 41.1 Å². The first-order chi connectivity index (χ1) is 21.8. The van der Waals surface area contributed by atoms with Gasteiger partial charge in [0.15, 0.2) is 5.71 Å². The van der Waals surface area contributed by atoms with Gasteiger partial charge in [-0.1, -0.05) is 70.7 Å². The second-order valence-corrected chi connectivity index (χ2v) is 12.6. The number of carbonyl (C=O) groups is 1. The summed E-state index contributed by atoms with van der Waals surface area (Å²) in [5.74, 6) is -5.83. The zero-order valence-electron chi connectivity index (χ0n) is 22.6. The first-order valence-corrected chi connectivity index (χ1v) is 15.2. The van der Waals surface area contributed by atoms with Gasteiger partial charge in [0.05, 0.1) is 26.0 Å². The number of thiazole rings is 2. The highest BCUT2D eigenvalue weighted by Crippen LogP contribution is 2.46. The molecule has 0 unspecified atom stereocenters. The molecule has 0 aliphatic carbocycles. The van der Waals surface area contributed by atoms with Crippen molar-refractivity contribution < 1.29 is 31.1 Å². The molecule has 4 heterocycles. The molecule has 0 spiro atoms. The minimum absolute atomic E-state index is 0.123. The molecule has 0 fully saturated rings. The van der Waals surface area contributed by atoms with Crippen LogP contribution in [0.2, 0.25) is 5.02 Å². The summed E-state index contributed by atoms with van der Waals surface area (Å²) in [7, 11) is 0. The van der Waals surface area contributed by atoms with Crippen molar-refractivity contribution in [3.8, 4) is 5.13 Å². The molecule has 8 nitrogen and oxygen atoms in total. The van der Waals surface area contributed by atoms with Crippen molar-refractivity contribution in [1.29, 1.82) is 0 Å². The Morgan fingerprint density at radius 1 is 0.783 bits per heavy atom. The molecule has 0 saturated heterocycles. The van der Waals surface area contributed by atoms with Gasteiger partial charge in [-0.05, 0) is 42.0 Å². The van der Waals surface area contributed by atoms with E-state index in [9.17, 15) is 35.9 Å². The summed E-state index contributed by atoms with van der Waals surface area (Å²) in [6.45, 7) is 0. The predicted octanol–water partition coefficient (Wildman–Crippen LogP) is 7.77. The summed E-state index contributed by atoms with van der Waals surface area (Å²) in [4.78, 5) is 36.5. The highest BCUT2D eigenvalue weighted by molar-refractivity contribution is 7.22. The Hall–Kier alpha value is -4.54. The summed E-state index contributed by atoms with van der Waals surface area (Å²) in [6.07, 6.45) is -10.5. The molecule has 7 rings (SSSR count). The van der Waals surface area contributed by atoms with E-state index in [0.717, 1.165) is 22.7 Å². The first-order valence-electron chi connectivity index (χ1n) is 13.2. The van der Waals surface area contributed by atoms with E-state index in [2.05, 4.69) is 15.1 Å². The molecular formula is C29H15ClF6N6O2S2. The van der Waals surface area contributed by atoms with Gasteiger partial charge >= 0.3 is 12.4 Å². The van der Waals surface area contributed by atoms with Crippen molar-refractivity contribution >= 4 is 71.5 Å². The number of alkyl halides is 6. The van der Waals surface area contributed by atoms with E-state index in [0.29, 0.717) is 30.1 Å². The molecule has 0 radical (unpaired) electrons. The third kappa shape index (κ3) is 5.05. The molecule has 3 aromatic carbocycles. The van der Waals surface area contributed by atoms with Crippen LogP contribution in [0, 0.1) is 5.92 Å². The topological polar surface area (TPSA) is 96.2 Å². The van der Waals surface area contributed by atoms with E-state index in [4.69, 9.17) is 11.6 Å². The predicted molar refractivity (Wildman–Crippen MR) is 162 cm³/mol. The number of halogens is 7. The number of rotatable bonds is 5. The van der Waals surface area contributed by atoms with Crippen LogP contribution in [0.4, 0.5) is 31.5 Å². The van der Waals surface area contributed by atoms with E-state index in [1.165, 1.54) is 24.3 Å². The number of hydrazone groups is 1. The van der Waals surface area contributed by atoms with Crippen molar-refractivity contribution in [1.82, 2.24) is 19.7 Å². The Morgan fingerprint density at radius 3 is 1.91 bits per heavy atom. The smallest absolute Gasteiger partial charge is 0.284 e. The zero-order chi connectivity index (χ0) is 32.5. The lowest BCUT2D eigenvalue weighted by molar-refractivity contribution is -0.142. The molecule has 1 amide bonds. The minimum Gasteiger partial charge on any atom is -0.284 e. The standard InChI is InChI=1S/C29H15ClF6N6O2S2/c30-14-11-9-13(10-12-14)19(20-22(28(31,32)33)39-41(24(20)43)26-37-15-5-1-3-7-17(15)45-26)21-23(29(34,35)36)40-42(25(21)44)27-38-16-6-2-4-8-18(16)46-27/h1-12,19-20,40H/t19-,20+/m0/s1. The van der Waals surface area contributed by atoms with Crippen LogP contribution in [-0.4, -0.2) is 37.5 Å². The minimum atomic E-state index is -5.28. The van der Waals surface area contributed by atoms with Gasteiger partial charge in [-0.15, -0.1) is 0 Å². The third-order valence-electron chi connectivity index (χ3n) is 7.29. The number of nitrogens with one attached hydrogen (secondary N) is 1. The molecular weight excluding hydrogens is 678 g/mol. The van der Waals surface area contributed by atoms with Gasteiger partial charge in [0, 0.05) is 10.9 Å². The quantitative estimate of drug-likeness (QED) is 0.187. The molecule has 234 valence electrons. The van der Waals surface area contributed by atoms with E-state index in [1.54, 1.807) is 48.5 Å². The van der Waals surface area contributed by atoms with Gasteiger partial charge in [0.2, 0.25) is 10.3 Å². The van der Waals surface area contributed by atoms with Crippen molar-refractivity contribution in [3.05, 3.63) is 105 Å². The van der Waals surface area contributed by atoms with Gasteiger partial charge < -0.3 is 0 Å². The van der Waals surface area contributed by atoms with Crippen molar-refractivity contribution in [2.45, 2.75) is 18.3 Å². The molecule has 2 atom stereocenters. The van der Waals surface area contributed by atoms with Gasteiger partial charge in [0.25, 0.3) is 11.5 Å². The largest absolute Gasteiger partial charge is 0.433 e. The molecule has 1 N–H and O–H groups in total. The van der Waals surface area contributed by atoms with Crippen LogP contribution in [0.3, 0.4) is 0 Å². The highest BCUT2D eigenvalue weighted by Gasteiger charge is 2.56. The van der Waals surface area contributed by atoms with Crippen LogP contribution in [0.25, 0.3) is 25.6 Å². The summed E-state index contributed by atoms with van der Waals surface area (Å²) >= 11 is 7.78. The fourth-order valence-electron chi connectivity index (χ4n) is 5.33. The van der Waals surface area contributed by atoms with Crippen molar-refractivity contribution in [3.63, 3.8) is 0 Å². The Balaban J connectivity index is 1.47. The van der Waals surface area contributed by atoms with Gasteiger partial charge in [-0.3, -0.25) is 14.7 Å². The molecule has 6 aromatic rings. The second-order valence-electron chi connectivity index (χ2n) is 10.1. The maximum Gasteiger partial charge on any atom is 0.433 e. The number of aromatic nitrogens is 4. The number of anilines is 1.